The van der Waals surface area contributed by atoms with Gasteiger partial charge in [-0.1, -0.05) is 11.3 Å². The van der Waals surface area contributed by atoms with E-state index in [-0.39, 0.29) is 29.9 Å². The Morgan fingerprint density at radius 2 is 2.12 bits per heavy atom. The lowest BCUT2D eigenvalue weighted by atomic mass is 9.97. The first-order chi connectivity index (χ1) is 15.9. The quantitative estimate of drug-likeness (QED) is 0.727. The Balaban J connectivity index is 1.14. The van der Waals surface area contributed by atoms with Crippen molar-refractivity contribution in [1.29, 1.82) is 0 Å². The van der Waals surface area contributed by atoms with E-state index in [2.05, 4.69) is 37.4 Å². The summed E-state index contributed by atoms with van der Waals surface area (Å²) in [4.78, 5) is 23.5. The largest absolute Gasteiger partial charge is 0.355 e. The third-order valence-electron chi connectivity index (χ3n) is 7.27. The molecule has 0 radical (unpaired) electrons. The van der Waals surface area contributed by atoms with Crippen molar-refractivity contribution >= 4 is 17.4 Å². The Kier molecular flexibility index (Phi) is 4.60. The van der Waals surface area contributed by atoms with Crippen LogP contribution in [0.1, 0.15) is 60.8 Å². The van der Waals surface area contributed by atoms with Gasteiger partial charge in [-0.15, -0.1) is 5.10 Å². The first-order valence-corrected chi connectivity index (χ1v) is 11.4. The highest BCUT2D eigenvalue weighted by Gasteiger charge is 2.52. The average Bonchev–Trinajstić information content (AvgIpc) is 3.08. The number of hydrogen-bond acceptors (Lipinski definition) is 6. The van der Waals surface area contributed by atoms with Gasteiger partial charge in [0.05, 0.1) is 31.0 Å². The monoisotopic (exact) mass is 453 g/mol. The van der Waals surface area contributed by atoms with Gasteiger partial charge < -0.3 is 10.2 Å². The predicted octanol–water partition coefficient (Wildman–Crippen LogP) is 2.92. The van der Waals surface area contributed by atoms with E-state index in [1.807, 2.05) is 0 Å². The number of hydrogen-bond donors (Lipinski definition) is 1. The molecule has 2 aromatic heterocycles. The second-order valence-electron chi connectivity index (χ2n) is 9.70. The number of alkyl halides is 2. The number of aliphatic imine (C=N–C) groups is 1. The molecule has 4 heterocycles. The Labute approximate surface area is 189 Å². The molecule has 4 aliphatic rings. The Morgan fingerprint density at radius 3 is 2.88 bits per heavy atom. The molecule has 8 nitrogen and oxygen atoms in total. The van der Waals surface area contributed by atoms with Gasteiger partial charge >= 0.3 is 0 Å². The summed E-state index contributed by atoms with van der Waals surface area (Å²) < 4.78 is 28.9. The van der Waals surface area contributed by atoms with Crippen LogP contribution in [0.15, 0.2) is 34.5 Å². The van der Waals surface area contributed by atoms with E-state index >= 15 is 0 Å². The molecule has 10 heteroatoms. The smallest absolute Gasteiger partial charge is 0.280 e. The molecule has 2 aliphatic carbocycles. The van der Waals surface area contributed by atoms with Crippen molar-refractivity contribution in [2.24, 2.45) is 10.4 Å². The molecule has 1 N–H and O–H groups in total. The Bertz CT molecular complexity index is 1190. The Hall–Kier alpha value is -3.17. The summed E-state index contributed by atoms with van der Waals surface area (Å²) in [5.74, 6) is 0.259. The third-order valence-corrected chi connectivity index (χ3v) is 7.27. The summed E-state index contributed by atoms with van der Waals surface area (Å²) in [6.45, 7) is 4.63. The zero-order valence-electron chi connectivity index (χ0n) is 18.4. The molecule has 1 spiro atoms. The van der Waals surface area contributed by atoms with Crippen LogP contribution in [0, 0.1) is 5.41 Å². The number of amides is 1. The number of nitrogens with one attached hydrogen (secondary N) is 1. The highest BCUT2D eigenvalue weighted by molar-refractivity contribution is 6.10. The van der Waals surface area contributed by atoms with Gasteiger partial charge in [0.2, 0.25) is 0 Å². The summed E-state index contributed by atoms with van der Waals surface area (Å²) in [7, 11) is 0. The van der Waals surface area contributed by atoms with E-state index < -0.39 is 6.43 Å². The number of rotatable bonds is 6. The van der Waals surface area contributed by atoms with Gasteiger partial charge in [0.15, 0.2) is 5.69 Å². The molecule has 2 saturated carbocycles. The van der Waals surface area contributed by atoms with Crippen LogP contribution >= 0.6 is 0 Å². The van der Waals surface area contributed by atoms with E-state index in [1.54, 1.807) is 12.1 Å². The van der Waals surface area contributed by atoms with Gasteiger partial charge in [0, 0.05) is 24.1 Å². The van der Waals surface area contributed by atoms with Crippen molar-refractivity contribution in [3.63, 3.8) is 0 Å². The molecule has 1 atom stereocenters. The Morgan fingerprint density at radius 1 is 1.30 bits per heavy atom. The normalized spacial score (nSPS) is 22.6. The fraction of sp³-hybridized carbons (Fsp3) is 0.522. The SMILES string of the molecule is CC1=C2CC[C@@H](NC(=O)c3cn(Cc4ccc(N5CC6(CC6)C5)nc4C(F)F)nn3)C2=NC1. The van der Waals surface area contributed by atoms with Crippen LogP contribution in [0.5, 0.6) is 0 Å². The van der Waals surface area contributed by atoms with Gasteiger partial charge in [-0.05, 0) is 49.8 Å². The predicted molar refractivity (Wildman–Crippen MR) is 118 cm³/mol. The summed E-state index contributed by atoms with van der Waals surface area (Å²) in [5.41, 5.74) is 4.19. The van der Waals surface area contributed by atoms with Crippen LogP contribution in [0.3, 0.4) is 0 Å². The van der Waals surface area contributed by atoms with Gasteiger partial charge in [-0.25, -0.2) is 18.4 Å². The van der Waals surface area contributed by atoms with Crippen molar-refractivity contribution < 1.29 is 13.6 Å². The number of pyridine rings is 1. The number of nitrogens with zero attached hydrogens (tertiary/aromatic N) is 6. The number of carbonyl (C=O) groups excluding carboxylic acids is 1. The molecule has 2 aliphatic heterocycles. The standard InChI is InChI=1S/C23H25F2N7O/c1-13-8-26-20-15(13)3-4-16(20)27-22(33)17-10-32(30-29-17)9-14-2-5-18(28-19(14)21(24)25)31-11-23(12-31)6-7-23/h2,5,10,16,21H,3-4,6-9,11-12H2,1H3,(H,27,33)/t16-/m1/s1. The van der Waals surface area contributed by atoms with E-state index in [0.717, 1.165) is 31.6 Å². The van der Waals surface area contributed by atoms with Crippen molar-refractivity contribution in [2.45, 2.75) is 51.6 Å². The molecule has 6 rings (SSSR count). The third kappa shape index (κ3) is 3.61. The maximum absolute atomic E-state index is 13.7. The molecule has 33 heavy (non-hydrogen) atoms. The molecule has 1 amide bonds. The van der Waals surface area contributed by atoms with Gasteiger partial charge in [0.1, 0.15) is 11.5 Å². The number of anilines is 1. The number of carbonyl (C=O) groups is 1. The summed E-state index contributed by atoms with van der Waals surface area (Å²) in [6, 6.07) is 3.35. The molecular formula is C23H25F2N7O. The van der Waals surface area contributed by atoms with Crippen molar-refractivity contribution in [2.75, 3.05) is 24.5 Å². The maximum atomic E-state index is 13.7. The van der Waals surface area contributed by atoms with E-state index in [4.69, 9.17) is 0 Å². The van der Waals surface area contributed by atoms with Gasteiger partial charge in [-0.3, -0.25) is 9.79 Å². The average molecular weight is 453 g/mol. The van der Waals surface area contributed by atoms with E-state index in [0.29, 0.717) is 23.3 Å². The highest BCUT2D eigenvalue weighted by atomic mass is 19.3. The molecular weight excluding hydrogens is 428 g/mol. The fourth-order valence-corrected chi connectivity index (χ4v) is 5.14. The highest BCUT2D eigenvalue weighted by Crippen LogP contribution is 2.53. The van der Waals surface area contributed by atoms with Crippen LogP contribution in [-0.2, 0) is 6.54 Å². The maximum Gasteiger partial charge on any atom is 0.280 e. The lowest BCUT2D eigenvalue weighted by Crippen LogP contribution is -2.49. The van der Waals surface area contributed by atoms with Gasteiger partial charge in [0.25, 0.3) is 12.3 Å². The van der Waals surface area contributed by atoms with Crippen LogP contribution in [-0.4, -0.2) is 57.3 Å². The first kappa shape index (κ1) is 20.4. The summed E-state index contributed by atoms with van der Waals surface area (Å²) in [6.07, 6.45) is 2.97. The number of fused-ring (bicyclic) bond motifs is 1. The number of aromatic nitrogens is 4. The fourth-order valence-electron chi connectivity index (χ4n) is 5.14. The zero-order chi connectivity index (χ0) is 22.7. The molecule has 0 bridgehead atoms. The molecule has 0 unspecified atom stereocenters. The van der Waals surface area contributed by atoms with Crippen LogP contribution in [0.2, 0.25) is 0 Å². The molecule has 3 fully saturated rings. The second kappa shape index (κ2) is 7.43. The lowest BCUT2D eigenvalue weighted by molar-refractivity contribution is 0.0941. The molecule has 0 aromatic carbocycles. The topological polar surface area (TPSA) is 88.3 Å². The zero-order valence-corrected chi connectivity index (χ0v) is 18.4. The van der Waals surface area contributed by atoms with Crippen molar-refractivity contribution in [1.82, 2.24) is 25.3 Å². The van der Waals surface area contributed by atoms with E-state index in [1.165, 1.54) is 34.9 Å². The van der Waals surface area contributed by atoms with Crippen molar-refractivity contribution in [3.8, 4) is 0 Å². The van der Waals surface area contributed by atoms with Crippen LogP contribution in [0.25, 0.3) is 0 Å². The second-order valence-corrected chi connectivity index (χ2v) is 9.70. The molecule has 172 valence electrons. The van der Waals surface area contributed by atoms with Crippen LogP contribution < -0.4 is 10.2 Å². The van der Waals surface area contributed by atoms with Crippen LogP contribution in [0.4, 0.5) is 14.6 Å². The van der Waals surface area contributed by atoms with Gasteiger partial charge in [-0.2, -0.15) is 0 Å². The summed E-state index contributed by atoms with van der Waals surface area (Å²) >= 11 is 0. The van der Waals surface area contributed by atoms with Crippen molar-refractivity contribution in [3.05, 3.63) is 46.4 Å². The minimum Gasteiger partial charge on any atom is -0.355 e. The number of halogens is 2. The minimum absolute atomic E-state index is 0.0688. The summed E-state index contributed by atoms with van der Waals surface area (Å²) in [5, 5.41) is 10.9. The molecule has 1 saturated heterocycles. The lowest BCUT2D eigenvalue weighted by Gasteiger charge is -2.41. The molecule has 2 aromatic rings. The van der Waals surface area contributed by atoms with E-state index in [9.17, 15) is 13.6 Å². The minimum atomic E-state index is -2.69. The first-order valence-electron chi connectivity index (χ1n) is 11.4.